The Hall–Kier alpha value is -0.270. The molecule has 0 N–H and O–H groups in total. The highest BCUT2D eigenvalue weighted by Crippen LogP contribution is 2.13. The molecule has 0 saturated heterocycles. The number of hydrogen-bond acceptors (Lipinski definition) is 1. The summed E-state index contributed by atoms with van der Waals surface area (Å²) in [5, 5.41) is 0. The van der Waals surface area contributed by atoms with Crippen LogP contribution in [0.15, 0.2) is 25.3 Å². The zero-order valence-electron chi connectivity index (χ0n) is 14.5. The van der Waals surface area contributed by atoms with E-state index in [1.165, 1.54) is 64.2 Å². The maximum absolute atomic E-state index is 3.84. The van der Waals surface area contributed by atoms with Crippen LogP contribution in [0, 0.1) is 0 Å². The van der Waals surface area contributed by atoms with Gasteiger partial charge in [0, 0.05) is 19.1 Å². The molecule has 0 amide bonds. The van der Waals surface area contributed by atoms with Crippen molar-refractivity contribution in [1.82, 2.24) is 4.90 Å². The Morgan fingerprint density at radius 3 is 1.67 bits per heavy atom. The van der Waals surface area contributed by atoms with Crippen molar-refractivity contribution in [2.24, 2.45) is 0 Å². The number of nitrogens with zero attached hydrogens (tertiary/aromatic N) is 1. The Bertz CT molecular complexity index is 218. The van der Waals surface area contributed by atoms with Crippen LogP contribution < -0.4 is 0 Å². The molecule has 0 spiro atoms. The van der Waals surface area contributed by atoms with Crippen LogP contribution in [0.1, 0.15) is 78.1 Å². The monoisotopic (exact) mass is 315 g/mol. The molecule has 21 heavy (non-hydrogen) atoms. The molecule has 1 nitrogen and oxygen atoms in total. The van der Waals surface area contributed by atoms with Gasteiger partial charge in [-0.3, -0.25) is 4.90 Å². The Kier molecular flexibility index (Phi) is 19.5. The normalized spacial score (nSPS) is 12.0. The van der Waals surface area contributed by atoms with Crippen LogP contribution in [0.4, 0.5) is 0 Å². The van der Waals surface area contributed by atoms with Gasteiger partial charge in [-0.05, 0) is 13.3 Å². The van der Waals surface area contributed by atoms with Gasteiger partial charge in [0.15, 0.2) is 0 Å². The first kappa shape index (κ1) is 23.0. The zero-order chi connectivity index (χ0) is 15.1. The third kappa shape index (κ3) is 14.4. The summed E-state index contributed by atoms with van der Waals surface area (Å²) in [6, 6.07) is 0.649. The van der Waals surface area contributed by atoms with E-state index in [0.717, 1.165) is 13.1 Å². The summed E-state index contributed by atoms with van der Waals surface area (Å²) in [7, 11) is 0. The molecule has 0 fully saturated rings. The van der Waals surface area contributed by atoms with Gasteiger partial charge in [-0.2, -0.15) is 0 Å². The van der Waals surface area contributed by atoms with Crippen molar-refractivity contribution in [1.29, 1.82) is 0 Å². The van der Waals surface area contributed by atoms with E-state index in [2.05, 4.69) is 31.9 Å². The molecule has 1 atom stereocenters. The highest BCUT2D eigenvalue weighted by molar-refractivity contribution is 5.85. The van der Waals surface area contributed by atoms with Gasteiger partial charge in [0.1, 0.15) is 0 Å². The summed E-state index contributed by atoms with van der Waals surface area (Å²) in [5.74, 6) is 0. The molecule has 0 aliphatic carbocycles. The molecule has 0 aliphatic rings. The Balaban J connectivity index is 0. The molecule has 0 aliphatic heterocycles. The summed E-state index contributed by atoms with van der Waals surface area (Å²) >= 11 is 0. The fourth-order valence-corrected chi connectivity index (χ4v) is 2.70. The van der Waals surface area contributed by atoms with Gasteiger partial charge in [0.2, 0.25) is 0 Å². The van der Waals surface area contributed by atoms with Crippen LogP contribution in [-0.2, 0) is 0 Å². The third-order valence-corrected chi connectivity index (χ3v) is 4.08. The minimum absolute atomic E-state index is 0. The molecule has 0 heterocycles. The molecule has 0 aromatic rings. The van der Waals surface area contributed by atoms with Gasteiger partial charge in [0.25, 0.3) is 0 Å². The first-order valence-electron chi connectivity index (χ1n) is 8.72. The SMILES string of the molecule is C=CCN(CC=C)C(C)CCCCCCCCCCC.Cl. The van der Waals surface area contributed by atoms with E-state index >= 15 is 0 Å². The molecular formula is C19H38ClN. The first-order valence-corrected chi connectivity index (χ1v) is 8.72. The standard InChI is InChI=1S/C19H37N.ClH/c1-5-8-9-10-11-12-13-14-15-16-19(4)20(17-6-2)18-7-3;/h6-7,19H,2-3,5,8-18H2,1,4H3;1H. The Labute approximate surface area is 140 Å². The van der Waals surface area contributed by atoms with Gasteiger partial charge in [-0.1, -0.05) is 76.9 Å². The lowest BCUT2D eigenvalue weighted by Gasteiger charge is -2.26. The summed E-state index contributed by atoms with van der Waals surface area (Å²) in [5.41, 5.74) is 0. The average Bonchev–Trinajstić information content (AvgIpc) is 2.45. The maximum atomic E-state index is 3.84. The number of halogens is 1. The summed E-state index contributed by atoms with van der Waals surface area (Å²) in [6.07, 6.45) is 18.0. The van der Waals surface area contributed by atoms with Crippen LogP contribution in [-0.4, -0.2) is 24.0 Å². The molecule has 0 aromatic heterocycles. The smallest absolute Gasteiger partial charge is 0.0166 e. The topological polar surface area (TPSA) is 3.24 Å². The molecular weight excluding hydrogens is 278 g/mol. The van der Waals surface area contributed by atoms with Crippen molar-refractivity contribution in [2.75, 3.05) is 13.1 Å². The predicted molar refractivity (Wildman–Crippen MR) is 101 cm³/mol. The number of hydrogen-bond donors (Lipinski definition) is 0. The fraction of sp³-hybridized carbons (Fsp3) is 0.789. The van der Waals surface area contributed by atoms with E-state index in [4.69, 9.17) is 0 Å². The Morgan fingerprint density at radius 2 is 1.24 bits per heavy atom. The molecule has 2 heteroatoms. The van der Waals surface area contributed by atoms with E-state index in [1.807, 2.05) is 12.2 Å². The zero-order valence-corrected chi connectivity index (χ0v) is 15.3. The van der Waals surface area contributed by atoms with Crippen molar-refractivity contribution in [3.05, 3.63) is 25.3 Å². The largest absolute Gasteiger partial charge is 0.293 e. The van der Waals surface area contributed by atoms with Crippen LogP contribution in [0.2, 0.25) is 0 Å². The van der Waals surface area contributed by atoms with Crippen LogP contribution in [0.3, 0.4) is 0 Å². The summed E-state index contributed by atoms with van der Waals surface area (Å²) in [6.45, 7) is 14.2. The van der Waals surface area contributed by atoms with E-state index in [0.29, 0.717) is 6.04 Å². The second-order valence-corrected chi connectivity index (χ2v) is 6.00. The van der Waals surface area contributed by atoms with Crippen LogP contribution >= 0.6 is 12.4 Å². The average molecular weight is 316 g/mol. The van der Waals surface area contributed by atoms with Gasteiger partial charge in [-0.15, -0.1) is 25.6 Å². The van der Waals surface area contributed by atoms with Crippen molar-refractivity contribution < 1.29 is 0 Å². The molecule has 0 saturated carbocycles. The van der Waals surface area contributed by atoms with E-state index < -0.39 is 0 Å². The molecule has 0 bridgehead atoms. The van der Waals surface area contributed by atoms with Gasteiger partial charge in [0.05, 0.1) is 0 Å². The fourth-order valence-electron chi connectivity index (χ4n) is 2.70. The van der Waals surface area contributed by atoms with E-state index in [-0.39, 0.29) is 12.4 Å². The van der Waals surface area contributed by atoms with Crippen LogP contribution in [0.5, 0.6) is 0 Å². The van der Waals surface area contributed by atoms with Crippen molar-refractivity contribution in [2.45, 2.75) is 84.1 Å². The quantitative estimate of drug-likeness (QED) is 0.250. The minimum atomic E-state index is 0. The lowest BCUT2D eigenvalue weighted by Crippen LogP contribution is -2.33. The summed E-state index contributed by atoms with van der Waals surface area (Å²) in [4.78, 5) is 2.45. The lowest BCUT2D eigenvalue weighted by molar-refractivity contribution is 0.239. The highest BCUT2D eigenvalue weighted by atomic mass is 35.5. The highest BCUT2D eigenvalue weighted by Gasteiger charge is 2.10. The molecule has 1 unspecified atom stereocenters. The number of rotatable bonds is 15. The maximum Gasteiger partial charge on any atom is 0.0166 e. The van der Waals surface area contributed by atoms with Crippen LogP contribution in [0.25, 0.3) is 0 Å². The van der Waals surface area contributed by atoms with Crippen molar-refractivity contribution >= 4 is 12.4 Å². The third-order valence-electron chi connectivity index (χ3n) is 4.08. The molecule has 0 aromatic carbocycles. The Morgan fingerprint density at radius 1 is 0.810 bits per heavy atom. The number of unbranched alkanes of at least 4 members (excludes halogenated alkanes) is 8. The lowest BCUT2D eigenvalue weighted by atomic mass is 10.0. The molecule has 0 rings (SSSR count). The minimum Gasteiger partial charge on any atom is -0.293 e. The summed E-state index contributed by atoms with van der Waals surface area (Å²) < 4.78 is 0. The van der Waals surface area contributed by atoms with Crippen molar-refractivity contribution in [3.63, 3.8) is 0 Å². The second kappa shape index (κ2) is 17.8. The van der Waals surface area contributed by atoms with Gasteiger partial charge >= 0.3 is 0 Å². The first-order chi connectivity index (χ1) is 9.76. The van der Waals surface area contributed by atoms with E-state index in [9.17, 15) is 0 Å². The van der Waals surface area contributed by atoms with E-state index in [1.54, 1.807) is 0 Å². The van der Waals surface area contributed by atoms with Gasteiger partial charge < -0.3 is 0 Å². The van der Waals surface area contributed by atoms with Crippen molar-refractivity contribution in [3.8, 4) is 0 Å². The second-order valence-electron chi connectivity index (χ2n) is 6.00. The predicted octanol–water partition coefficient (Wildman–Crippen LogP) is 6.39. The van der Waals surface area contributed by atoms with Gasteiger partial charge in [-0.25, -0.2) is 0 Å². The molecule has 126 valence electrons. The molecule has 0 radical (unpaired) electrons.